The van der Waals surface area contributed by atoms with Crippen molar-refractivity contribution in [2.45, 2.75) is 13.8 Å². The summed E-state index contributed by atoms with van der Waals surface area (Å²) >= 11 is 0. The molecular formula is C13H14N2O6. The van der Waals surface area contributed by atoms with Crippen molar-refractivity contribution < 1.29 is 29.0 Å². The monoisotopic (exact) mass is 294 g/mol. The van der Waals surface area contributed by atoms with Gasteiger partial charge in [-0.25, -0.2) is 4.79 Å². The van der Waals surface area contributed by atoms with Crippen molar-refractivity contribution in [3.63, 3.8) is 0 Å². The van der Waals surface area contributed by atoms with Crippen LogP contribution in [0.15, 0.2) is 6.07 Å². The predicted octanol–water partition coefficient (Wildman–Crippen LogP) is 1.07. The Balaban J connectivity index is 2.68. The number of fused-ring (bicyclic) bond motifs is 1. The number of aromatic carboxylic acids is 1. The number of carbonyl (C=O) groups is 3. The van der Waals surface area contributed by atoms with E-state index in [0.29, 0.717) is 0 Å². The van der Waals surface area contributed by atoms with Crippen molar-refractivity contribution in [1.82, 2.24) is 0 Å². The first-order valence-corrected chi connectivity index (χ1v) is 6.15. The van der Waals surface area contributed by atoms with Crippen molar-refractivity contribution in [2.24, 2.45) is 0 Å². The van der Waals surface area contributed by atoms with Gasteiger partial charge in [0.2, 0.25) is 11.8 Å². The number of hydrogen-bond acceptors (Lipinski definition) is 5. The van der Waals surface area contributed by atoms with Gasteiger partial charge in [-0.1, -0.05) is 0 Å². The van der Waals surface area contributed by atoms with Crippen LogP contribution in [-0.4, -0.2) is 36.1 Å². The molecule has 0 spiro atoms. The molecule has 0 aliphatic carbocycles. The fourth-order valence-corrected chi connectivity index (χ4v) is 1.98. The van der Waals surface area contributed by atoms with Crippen LogP contribution < -0.4 is 20.1 Å². The Kier molecular flexibility index (Phi) is 3.97. The number of ether oxygens (including phenoxy) is 2. The lowest BCUT2D eigenvalue weighted by Crippen LogP contribution is -2.21. The first kappa shape index (κ1) is 14.6. The van der Waals surface area contributed by atoms with Gasteiger partial charge in [-0.2, -0.15) is 0 Å². The van der Waals surface area contributed by atoms with Gasteiger partial charge in [-0.3, -0.25) is 9.59 Å². The highest BCUT2D eigenvalue weighted by atomic mass is 16.6. The fraction of sp³-hybridized carbons (Fsp3) is 0.308. The van der Waals surface area contributed by atoms with Crippen LogP contribution in [0.2, 0.25) is 0 Å². The standard InChI is InChI=1S/C13H14N2O6/c1-6(16)14-8-5-9-12(21-4-3-20-9)10(13(18)19)11(8)15-7(2)17/h5H,3-4H2,1-2H3,(H,14,16)(H,15,17)(H,18,19). The second kappa shape index (κ2) is 5.70. The maximum absolute atomic E-state index is 11.5. The average molecular weight is 294 g/mol. The molecule has 112 valence electrons. The zero-order chi connectivity index (χ0) is 15.6. The molecule has 0 radical (unpaired) electrons. The number of anilines is 2. The van der Waals surface area contributed by atoms with Crippen LogP contribution in [0, 0.1) is 0 Å². The first-order valence-electron chi connectivity index (χ1n) is 6.15. The van der Waals surface area contributed by atoms with Gasteiger partial charge in [-0.05, 0) is 0 Å². The first-order chi connectivity index (χ1) is 9.90. The van der Waals surface area contributed by atoms with Crippen LogP contribution in [0.1, 0.15) is 24.2 Å². The number of benzene rings is 1. The number of carboxylic acid groups (broad SMARTS) is 1. The number of carbonyl (C=O) groups excluding carboxylic acids is 2. The Bertz CT molecular complexity index is 626. The Morgan fingerprint density at radius 2 is 1.71 bits per heavy atom. The SMILES string of the molecule is CC(=O)Nc1cc2c(c(C(=O)O)c1NC(C)=O)OCCO2. The quantitative estimate of drug-likeness (QED) is 0.768. The summed E-state index contributed by atoms with van der Waals surface area (Å²) in [6.45, 7) is 2.98. The molecule has 0 atom stereocenters. The molecule has 8 nitrogen and oxygen atoms in total. The number of carboxylic acids is 1. The van der Waals surface area contributed by atoms with Gasteiger partial charge >= 0.3 is 5.97 Å². The summed E-state index contributed by atoms with van der Waals surface area (Å²) in [6.07, 6.45) is 0. The molecule has 1 heterocycles. The molecule has 2 amide bonds. The zero-order valence-corrected chi connectivity index (χ0v) is 11.5. The Morgan fingerprint density at radius 3 is 2.29 bits per heavy atom. The van der Waals surface area contributed by atoms with Gasteiger partial charge in [0.25, 0.3) is 0 Å². The Morgan fingerprint density at radius 1 is 1.10 bits per heavy atom. The van der Waals surface area contributed by atoms with Crippen molar-refractivity contribution in [1.29, 1.82) is 0 Å². The minimum atomic E-state index is -1.30. The van der Waals surface area contributed by atoms with Gasteiger partial charge in [-0.15, -0.1) is 0 Å². The maximum Gasteiger partial charge on any atom is 0.341 e. The normalized spacial score (nSPS) is 12.5. The van der Waals surface area contributed by atoms with E-state index < -0.39 is 17.8 Å². The molecule has 1 aromatic rings. The molecule has 0 fully saturated rings. The highest BCUT2D eigenvalue weighted by Gasteiger charge is 2.28. The highest BCUT2D eigenvalue weighted by molar-refractivity contribution is 6.09. The summed E-state index contributed by atoms with van der Waals surface area (Å²) in [5.41, 5.74) is -0.153. The summed E-state index contributed by atoms with van der Waals surface area (Å²) in [6, 6.07) is 1.42. The molecular weight excluding hydrogens is 280 g/mol. The highest BCUT2D eigenvalue weighted by Crippen LogP contribution is 2.43. The summed E-state index contributed by atoms with van der Waals surface area (Å²) in [7, 11) is 0. The molecule has 21 heavy (non-hydrogen) atoms. The fourth-order valence-electron chi connectivity index (χ4n) is 1.98. The van der Waals surface area contributed by atoms with E-state index in [-0.39, 0.29) is 41.7 Å². The van der Waals surface area contributed by atoms with E-state index in [1.54, 1.807) is 0 Å². The minimum absolute atomic E-state index is 0.0329. The van der Waals surface area contributed by atoms with Crippen molar-refractivity contribution >= 4 is 29.2 Å². The van der Waals surface area contributed by atoms with E-state index in [1.807, 2.05) is 0 Å². The maximum atomic E-state index is 11.5. The molecule has 2 rings (SSSR count). The molecule has 0 bridgehead atoms. The van der Waals surface area contributed by atoms with Crippen LogP contribution in [0.4, 0.5) is 11.4 Å². The third-order valence-electron chi connectivity index (χ3n) is 2.66. The molecule has 0 unspecified atom stereocenters. The van der Waals surface area contributed by atoms with E-state index in [1.165, 1.54) is 19.9 Å². The molecule has 1 aromatic carbocycles. The smallest absolute Gasteiger partial charge is 0.341 e. The van der Waals surface area contributed by atoms with Gasteiger partial charge in [0.15, 0.2) is 11.5 Å². The van der Waals surface area contributed by atoms with Gasteiger partial charge in [0.1, 0.15) is 18.8 Å². The molecule has 0 saturated carbocycles. The summed E-state index contributed by atoms with van der Waals surface area (Å²) < 4.78 is 10.7. The third kappa shape index (κ3) is 3.04. The largest absolute Gasteiger partial charge is 0.486 e. The summed E-state index contributed by atoms with van der Waals surface area (Å²) in [4.78, 5) is 34.1. The van der Waals surface area contributed by atoms with E-state index in [4.69, 9.17) is 9.47 Å². The van der Waals surface area contributed by atoms with Crippen LogP contribution in [0.25, 0.3) is 0 Å². The van der Waals surface area contributed by atoms with Gasteiger partial charge in [0.05, 0.1) is 11.4 Å². The van der Waals surface area contributed by atoms with Crippen molar-refractivity contribution in [3.05, 3.63) is 11.6 Å². The van der Waals surface area contributed by atoms with Crippen LogP contribution >= 0.6 is 0 Å². The molecule has 3 N–H and O–H groups in total. The lowest BCUT2D eigenvalue weighted by molar-refractivity contribution is -0.115. The number of hydrogen-bond donors (Lipinski definition) is 3. The zero-order valence-electron chi connectivity index (χ0n) is 11.5. The van der Waals surface area contributed by atoms with Crippen LogP contribution in [-0.2, 0) is 9.59 Å². The topological polar surface area (TPSA) is 114 Å². The second-order valence-electron chi connectivity index (χ2n) is 4.37. The van der Waals surface area contributed by atoms with E-state index in [9.17, 15) is 19.5 Å². The number of amides is 2. The average Bonchev–Trinajstić information content (AvgIpc) is 2.37. The van der Waals surface area contributed by atoms with Gasteiger partial charge in [0, 0.05) is 19.9 Å². The molecule has 8 heteroatoms. The lowest BCUT2D eigenvalue weighted by Gasteiger charge is -2.23. The molecule has 0 aromatic heterocycles. The summed E-state index contributed by atoms with van der Waals surface area (Å²) in [5, 5.41) is 14.3. The Labute approximate surface area is 120 Å². The second-order valence-corrected chi connectivity index (χ2v) is 4.37. The number of rotatable bonds is 3. The minimum Gasteiger partial charge on any atom is -0.486 e. The predicted molar refractivity (Wildman–Crippen MR) is 73.0 cm³/mol. The van der Waals surface area contributed by atoms with E-state index in [0.717, 1.165) is 0 Å². The van der Waals surface area contributed by atoms with E-state index in [2.05, 4.69) is 10.6 Å². The molecule has 1 aliphatic rings. The van der Waals surface area contributed by atoms with Crippen molar-refractivity contribution in [3.8, 4) is 11.5 Å². The lowest BCUT2D eigenvalue weighted by atomic mass is 10.1. The van der Waals surface area contributed by atoms with Crippen molar-refractivity contribution in [2.75, 3.05) is 23.8 Å². The molecule has 0 saturated heterocycles. The summed E-state index contributed by atoms with van der Waals surface area (Å²) in [5.74, 6) is -1.94. The molecule has 1 aliphatic heterocycles. The van der Waals surface area contributed by atoms with Crippen LogP contribution in [0.5, 0.6) is 11.5 Å². The van der Waals surface area contributed by atoms with Gasteiger partial charge < -0.3 is 25.2 Å². The Hall–Kier alpha value is -2.77. The third-order valence-corrected chi connectivity index (χ3v) is 2.66. The van der Waals surface area contributed by atoms with Crippen LogP contribution in [0.3, 0.4) is 0 Å². The number of nitrogens with one attached hydrogen (secondary N) is 2. The van der Waals surface area contributed by atoms with E-state index >= 15 is 0 Å².